The number of benzene rings is 1. The topological polar surface area (TPSA) is 104 Å². The van der Waals surface area contributed by atoms with Gasteiger partial charge in [-0.2, -0.15) is 4.99 Å². The fraction of sp³-hybridized carbons (Fsp3) is 0.400. The normalized spacial score (nSPS) is 12.4. The number of hydrogen-bond donors (Lipinski definition) is 0. The molecule has 0 atom stereocenters. The summed E-state index contributed by atoms with van der Waals surface area (Å²) >= 11 is 1.19. The first-order valence-electron chi connectivity index (χ1n) is 7.07. The van der Waals surface area contributed by atoms with E-state index in [1.54, 1.807) is 26.8 Å². The number of fused-ring (bicyclic) bond motifs is 1. The highest BCUT2D eigenvalue weighted by molar-refractivity contribution is 7.16. The second-order valence-electron chi connectivity index (χ2n) is 6.12. The summed E-state index contributed by atoms with van der Waals surface area (Å²) in [5.41, 5.74) is -0.321. The number of nitro groups is 1. The molecule has 0 N–H and O–H groups in total. The van der Waals surface area contributed by atoms with Gasteiger partial charge in [0.05, 0.1) is 22.2 Å². The van der Waals surface area contributed by atoms with Gasteiger partial charge in [0, 0.05) is 17.5 Å². The minimum absolute atomic E-state index is 0.104. The third-order valence-corrected chi connectivity index (χ3v) is 4.29. The maximum atomic E-state index is 12.2. The first-order chi connectivity index (χ1) is 11.1. The highest BCUT2D eigenvalue weighted by Crippen LogP contribution is 2.23. The number of non-ortho nitro benzene ring substituents is 1. The molecule has 2 aromatic rings. The standard InChI is InChI=1S/C15H17N3O5S/c1-15(2,3)13(20)16-14-17(8-12(19)23-4)10-7-9(18(21)22)5-6-11(10)24-14/h5-7H,8H2,1-4H3. The quantitative estimate of drug-likeness (QED) is 0.479. The van der Waals surface area contributed by atoms with E-state index in [9.17, 15) is 19.7 Å². The van der Waals surface area contributed by atoms with Crippen molar-refractivity contribution in [2.75, 3.05) is 7.11 Å². The van der Waals surface area contributed by atoms with E-state index < -0.39 is 16.3 Å². The van der Waals surface area contributed by atoms with Crippen molar-refractivity contribution in [2.24, 2.45) is 10.4 Å². The Hall–Kier alpha value is -2.55. The lowest BCUT2D eigenvalue weighted by molar-refractivity contribution is -0.384. The van der Waals surface area contributed by atoms with Crippen LogP contribution in [0.2, 0.25) is 0 Å². The summed E-state index contributed by atoms with van der Waals surface area (Å²) in [5.74, 6) is -0.881. The number of hydrogen-bond acceptors (Lipinski definition) is 6. The van der Waals surface area contributed by atoms with Gasteiger partial charge in [-0.1, -0.05) is 32.1 Å². The van der Waals surface area contributed by atoms with Crippen molar-refractivity contribution in [2.45, 2.75) is 27.3 Å². The van der Waals surface area contributed by atoms with Crippen molar-refractivity contribution in [3.63, 3.8) is 0 Å². The van der Waals surface area contributed by atoms with Crippen molar-refractivity contribution in [1.82, 2.24) is 4.57 Å². The number of nitrogens with zero attached hydrogens (tertiary/aromatic N) is 3. The molecule has 9 heteroatoms. The molecular weight excluding hydrogens is 334 g/mol. The predicted octanol–water partition coefficient (Wildman–Crippen LogP) is 2.26. The van der Waals surface area contributed by atoms with Crippen LogP contribution >= 0.6 is 11.3 Å². The van der Waals surface area contributed by atoms with Crippen LogP contribution in [-0.2, 0) is 20.9 Å². The Kier molecular flexibility index (Phi) is 4.83. The number of methoxy groups -OCH3 is 1. The van der Waals surface area contributed by atoms with Gasteiger partial charge in [0.15, 0.2) is 4.80 Å². The Labute approximate surface area is 141 Å². The Morgan fingerprint density at radius 3 is 2.58 bits per heavy atom. The molecule has 1 aromatic carbocycles. The number of ether oxygens (including phenoxy) is 1. The number of thiazole rings is 1. The summed E-state index contributed by atoms with van der Waals surface area (Å²) in [6.45, 7) is 5.03. The van der Waals surface area contributed by atoms with Gasteiger partial charge in [0.25, 0.3) is 11.6 Å². The van der Waals surface area contributed by atoms with E-state index in [-0.39, 0.29) is 18.1 Å². The molecule has 0 aliphatic heterocycles. The van der Waals surface area contributed by atoms with E-state index in [1.165, 1.54) is 35.1 Å². The lowest BCUT2D eigenvalue weighted by Gasteiger charge is -2.11. The zero-order chi connectivity index (χ0) is 18.1. The van der Waals surface area contributed by atoms with Gasteiger partial charge in [0.1, 0.15) is 6.54 Å². The van der Waals surface area contributed by atoms with Crippen LogP contribution in [0, 0.1) is 15.5 Å². The molecule has 0 radical (unpaired) electrons. The number of nitro benzene ring substituents is 1. The largest absolute Gasteiger partial charge is 0.468 e. The second-order valence-corrected chi connectivity index (χ2v) is 7.13. The third kappa shape index (κ3) is 3.67. The van der Waals surface area contributed by atoms with Gasteiger partial charge in [-0.3, -0.25) is 19.7 Å². The molecule has 0 spiro atoms. The Balaban J connectivity index is 2.72. The highest BCUT2D eigenvalue weighted by Gasteiger charge is 2.22. The molecule has 8 nitrogen and oxygen atoms in total. The van der Waals surface area contributed by atoms with Gasteiger partial charge in [0.2, 0.25) is 0 Å². The van der Waals surface area contributed by atoms with Crippen LogP contribution in [0.3, 0.4) is 0 Å². The van der Waals surface area contributed by atoms with Crippen molar-refractivity contribution >= 4 is 39.1 Å². The van der Waals surface area contributed by atoms with Crippen LogP contribution in [0.5, 0.6) is 0 Å². The van der Waals surface area contributed by atoms with Crippen LogP contribution in [0.4, 0.5) is 5.69 Å². The molecule has 0 aliphatic carbocycles. The summed E-state index contributed by atoms with van der Waals surface area (Å²) < 4.78 is 6.81. The number of aromatic nitrogens is 1. The molecule has 0 aliphatic rings. The lowest BCUT2D eigenvalue weighted by atomic mass is 9.96. The van der Waals surface area contributed by atoms with Crippen molar-refractivity contribution in [3.8, 4) is 0 Å². The minimum Gasteiger partial charge on any atom is -0.468 e. The Morgan fingerprint density at radius 1 is 1.38 bits per heavy atom. The van der Waals surface area contributed by atoms with Gasteiger partial charge >= 0.3 is 5.97 Å². The number of esters is 1. The lowest BCUT2D eigenvalue weighted by Crippen LogP contribution is -2.26. The molecule has 128 valence electrons. The summed E-state index contributed by atoms with van der Waals surface area (Å²) in [6.07, 6.45) is 0. The first kappa shape index (κ1) is 17.8. The monoisotopic (exact) mass is 351 g/mol. The molecular formula is C15H17N3O5S. The zero-order valence-electron chi connectivity index (χ0n) is 13.7. The number of carbonyl (C=O) groups excluding carboxylic acids is 2. The molecule has 0 fully saturated rings. The van der Waals surface area contributed by atoms with Crippen LogP contribution in [-0.4, -0.2) is 28.5 Å². The number of carbonyl (C=O) groups is 2. The van der Waals surface area contributed by atoms with E-state index in [0.29, 0.717) is 15.0 Å². The molecule has 1 heterocycles. The highest BCUT2D eigenvalue weighted by atomic mass is 32.1. The zero-order valence-corrected chi connectivity index (χ0v) is 14.5. The van der Waals surface area contributed by atoms with Gasteiger partial charge in [-0.15, -0.1) is 0 Å². The van der Waals surface area contributed by atoms with Crippen LogP contribution in [0.1, 0.15) is 20.8 Å². The van der Waals surface area contributed by atoms with Crippen LogP contribution in [0.25, 0.3) is 10.2 Å². The van der Waals surface area contributed by atoms with Crippen molar-refractivity contribution in [3.05, 3.63) is 33.1 Å². The molecule has 0 unspecified atom stereocenters. The number of amides is 1. The Morgan fingerprint density at radius 2 is 2.04 bits per heavy atom. The van der Waals surface area contributed by atoms with Crippen LogP contribution < -0.4 is 4.80 Å². The van der Waals surface area contributed by atoms with Crippen molar-refractivity contribution in [1.29, 1.82) is 0 Å². The van der Waals surface area contributed by atoms with E-state index in [2.05, 4.69) is 9.73 Å². The van der Waals surface area contributed by atoms with E-state index in [0.717, 1.165) is 0 Å². The molecule has 1 amide bonds. The van der Waals surface area contributed by atoms with Gasteiger partial charge < -0.3 is 9.30 Å². The fourth-order valence-electron chi connectivity index (χ4n) is 1.86. The minimum atomic E-state index is -0.675. The average molecular weight is 351 g/mol. The molecule has 2 rings (SSSR count). The summed E-state index contributed by atoms with van der Waals surface area (Å²) in [5, 5.41) is 11.0. The average Bonchev–Trinajstić information content (AvgIpc) is 2.83. The van der Waals surface area contributed by atoms with Gasteiger partial charge in [-0.25, -0.2) is 0 Å². The number of rotatable bonds is 3. The van der Waals surface area contributed by atoms with E-state index >= 15 is 0 Å². The summed E-state index contributed by atoms with van der Waals surface area (Å²) in [4.78, 5) is 38.7. The molecule has 0 bridgehead atoms. The molecule has 1 aromatic heterocycles. The first-order valence-corrected chi connectivity index (χ1v) is 7.89. The van der Waals surface area contributed by atoms with Crippen LogP contribution in [0.15, 0.2) is 23.2 Å². The molecule has 0 saturated heterocycles. The van der Waals surface area contributed by atoms with Gasteiger partial charge in [-0.05, 0) is 6.07 Å². The maximum absolute atomic E-state index is 12.2. The third-order valence-electron chi connectivity index (χ3n) is 3.23. The summed E-state index contributed by atoms with van der Waals surface area (Å²) in [6, 6.07) is 4.30. The predicted molar refractivity (Wildman–Crippen MR) is 88.5 cm³/mol. The molecule has 0 saturated carbocycles. The summed E-state index contributed by atoms with van der Waals surface area (Å²) in [7, 11) is 1.25. The smallest absolute Gasteiger partial charge is 0.325 e. The van der Waals surface area contributed by atoms with E-state index in [4.69, 9.17) is 0 Å². The maximum Gasteiger partial charge on any atom is 0.325 e. The SMILES string of the molecule is COC(=O)Cn1c(=NC(=O)C(C)(C)C)sc2ccc([N+](=O)[O-])cc21. The molecule has 24 heavy (non-hydrogen) atoms. The second kappa shape index (κ2) is 6.52. The van der Waals surface area contributed by atoms with E-state index in [1.807, 2.05) is 0 Å². The fourth-order valence-corrected chi connectivity index (χ4v) is 2.87. The van der Waals surface area contributed by atoms with Crippen molar-refractivity contribution < 1.29 is 19.2 Å². The Bertz CT molecular complexity index is 889.